The number of nitrogens with one attached hydrogen (secondary N) is 1. The first-order chi connectivity index (χ1) is 12.9. The molecule has 7 nitrogen and oxygen atoms in total. The molecule has 1 aromatic carbocycles. The van der Waals surface area contributed by atoms with Crippen molar-refractivity contribution in [3.05, 3.63) is 41.4 Å². The number of aromatic nitrogens is 2. The van der Waals surface area contributed by atoms with Crippen LogP contribution < -0.4 is 14.4 Å². The van der Waals surface area contributed by atoms with E-state index in [1.165, 1.54) is 25.3 Å². The number of hydrogen-bond acceptors (Lipinski definition) is 6. The molecule has 1 aliphatic rings. The minimum atomic E-state index is -3.65. The summed E-state index contributed by atoms with van der Waals surface area (Å²) in [7, 11) is -2.18. The number of rotatable bonds is 6. The molecule has 0 aliphatic carbocycles. The molecule has 1 aliphatic heterocycles. The minimum absolute atomic E-state index is 0.102. The fourth-order valence-corrected chi connectivity index (χ4v) is 4.40. The highest BCUT2D eigenvalue weighted by Crippen LogP contribution is 2.27. The Balaban J connectivity index is 1.54. The third-order valence-corrected chi connectivity index (χ3v) is 6.22. The summed E-state index contributed by atoms with van der Waals surface area (Å²) < 4.78 is 45.5. The minimum Gasteiger partial charge on any atom is -0.495 e. The Labute approximate surface area is 162 Å². The molecular formula is C17H20ClFN4O3S. The van der Waals surface area contributed by atoms with Gasteiger partial charge in [-0.3, -0.25) is 0 Å². The highest BCUT2D eigenvalue weighted by molar-refractivity contribution is 7.89. The molecule has 0 spiro atoms. The SMILES string of the molecule is COc1ccc(S(=O)(=O)NCC2CCN(c3ncc(F)cn3)CC2)cc1Cl. The van der Waals surface area contributed by atoms with Crippen LogP contribution in [0.2, 0.25) is 5.02 Å². The van der Waals surface area contributed by atoms with Gasteiger partial charge in [-0.05, 0) is 37.0 Å². The molecular weight excluding hydrogens is 395 g/mol. The zero-order valence-corrected chi connectivity index (χ0v) is 16.3. The van der Waals surface area contributed by atoms with Gasteiger partial charge in [0.1, 0.15) is 5.75 Å². The van der Waals surface area contributed by atoms with Crippen LogP contribution in [0.25, 0.3) is 0 Å². The number of ether oxygens (including phenoxy) is 1. The topological polar surface area (TPSA) is 84.4 Å². The van der Waals surface area contributed by atoms with E-state index in [1.54, 1.807) is 0 Å². The van der Waals surface area contributed by atoms with Gasteiger partial charge in [0.25, 0.3) is 0 Å². The average molecular weight is 415 g/mol. The van der Waals surface area contributed by atoms with Gasteiger partial charge in [0.2, 0.25) is 16.0 Å². The monoisotopic (exact) mass is 414 g/mol. The number of methoxy groups -OCH3 is 1. The third-order valence-electron chi connectivity index (χ3n) is 4.50. The smallest absolute Gasteiger partial charge is 0.240 e. The van der Waals surface area contributed by atoms with Crippen LogP contribution in [-0.2, 0) is 10.0 Å². The molecule has 0 bridgehead atoms. The molecule has 2 aromatic rings. The summed E-state index contributed by atoms with van der Waals surface area (Å²) >= 11 is 6.01. The van der Waals surface area contributed by atoms with E-state index in [0.29, 0.717) is 31.3 Å². The second-order valence-electron chi connectivity index (χ2n) is 6.28. The maximum Gasteiger partial charge on any atom is 0.240 e. The Morgan fingerprint density at radius 1 is 1.30 bits per heavy atom. The van der Waals surface area contributed by atoms with E-state index in [9.17, 15) is 12.8 Å². The molecule has 0 radical (unpaired) electrons. The van der Waals surface area contributed by atoms with Gasteiger partial charge in [-0.25, -0.2) is 27.5 Å². The zero-order chi connectivity index (χ0) is 19.4. The molecule has 1 fully saturated rings. The van der Waals surface area contributed by atoms with Crippen LogP contribution in [0, 0.1) is 11.7 Å². The van der Waals surface area contributed by atoms with E-state index in [-0.39, 0.29) is 15.8 Å². The number of piperidine rings is 1. The van der Waals surface area contributed by atoms with Crippen molar-refractivity contribution in [3.8, 4) is 5.75 Å². The summed E-state index contributed by atoms with van der Waals surface area (Å²) in [4.78, 5) is 10.0. The molecule has 0 atom stereocenters. The molecule has 1 N–H and O–H groups in total. The lowest BCUT2D eigenvalue weighted by atomic mass is 9.97. The quantitative estimate of drug-likeness (QED) is 0.781. The Bertz CT molecular complexity index is 888. The lowest BCUT2D eigenvalue weighted by Crippen LogP contribution is -2.39. The Hall–Kier alpha value is -1.97. The number of sulfonamides is 1. The number of halogens is 2. The summed E-state index contributed by atoms with van der Waals surface area (Å²) in [6.45, 7) is 1.71. The van der Waals surface area contributed by atoms with Gasteiger partial charge in [0.15, 0.2) is 5.82 Å². The van der Waals surface area contributed by atoms with Gasteiger partial charge in [0.05, 0.1) is 29.4 Å². The molecule has 10 heteroatoms. The van der Waals surface area contributed by atoms with Crippen molar-refractivity contribution < 1.29 is 17.5 Å². The van der Waals surface area contributed by atoms with Crippen LogP contribution in [0.4, 0.5) is 10.3 Å². The van der Waals surface area contributed by atoms with Crippen molar-refractivity contribution in [2.45, 2.75) is 17.7 Å². The van der Waals surface area contributed by atoms with Crippen LogP contribution in [0.1, 0.15) is 12.8 Å². The van der Waals surface area contributed by atoms with Crippen LogP contribution in [0.15, 0.2) is 35.5 Å². The van der Waals surface area contributed by atoms with E-state index in [4.69, 9.17) is 16.3 Å². The lowest BCUT2D eigenvalue weighted by molar-refractivity contribution is 0.398. The highest BCUT2D eigenvalue weighted by atomic mass is 35.5. The lowest BCUT2D eigenvalue weighted by Gasteiger charge is -2.31. The molecule has 3 rings (SSSR count). The Kier molecular flexibility index (Phi) is 6.13. The highest BCUT2D eigenvalue weighted by Gasteiger charge is 2.23. The number of nitrogens with zero attached hydrogens (tertiary/aromatic N) is 3. The maximum absolute atomic E-state index is 12.9. The van der Waals surface area contributed by atoms with Crippen molar-refractivity contribution >= 4 is 27.6 Å². The first kappa shape index (κ1) is 19.8. The zero-order valence-electron chi connectivity index (χ0n) is 14.7. The predicted molar refractivity (Wildman–Crippen MR) is 100 cm³/mol. The van der Waals surface area contributed by atoms with Gasteiger partial charge in [-0.15, -0.1) is 0 Å². The van der Waals surface area contributed by atoms with E-state index in [0.717, 1.165) is 25.2 Å². The van der Waals surface area contributed by atoms with Gasteiger partial charge in [-0.2, -0.15) is 0 Å². The summed E-state index contributed by atoms with van der Waals surface area (Å²) in [6.07, 6.45) is 3.85. The van der Waals surface area contributed by atoms with Gasteiger partial charge < -0.3 is 9.64 Å². The normalized spacial score (nSPS) is 15.7. The molecule has 0 saturated carbocycles. The van der Waals surface area contributed by atoms with E-state index < -0.39 is 15.8 Å². The van der Waals surface area contributed by atoms with Gasteiger partial charge >= 0.3 is 0 Å². The molecule has 146 valence electrons. The number of anilines is 1. The maximum atomic E-state index is 12.9. The average Bonchev–Trinajstić information content (AvgIpc) is 2.67. The largest absolute Gasteiger partial charge is 0.495 e. The standard InChI is InChI=1S/C17H20ClFN4O3S/c1-26-16-3-2-14(8-15(16)18)27(24,25)22-9-12-4-6-23(7-5-12)17-20-10-13(19)11-21-17/h2-3,8,10-12,22H,4-7,9H2,1H3. The van der Waals surface area contributed by atoms with E-state index in [1.807, 2.05) is 4.90 Å². The number of benzene rings is 1. The van der Waals surface area contributed by atoms with Crippen molar-refractivity contribution in [3.63, 3.8) is 0 Å². The summed E-state index contributed by atoms with van der Waals surface area (Å²) in [6, 6.07) is 4.36. The fourth-order valence-electron chi connectivity index (χ4n) is 2.93. The first-order valence-corrected chi connectivity index (χ1v) is 10.3. The number of hydrogen-bond donors (Lipinski definition) is 1. The molecule has 2 heterocycles. The van der Waals surface area contributed by atoms with Crippen molar-refractivity contribution in [2.24, 2.45) is 5.92 Å². The fraction of sp³-hybridized carbons (Fsp3) is 0.412. The van der Waals surface area contributed by atoms with Crippen LogP contribution >= 0.6 is 11.6 Å². The Morgan fingerprint density at radius 3 is 2.56 bits per heavy atom. The van der Waals surface area contributed by atoms with Gasteiger partial charge in [-0.1, -0.05) is 11.6 Å². The van der Waals surface area contributed by atoms with E-state index in [2.05, 4.69) is 14.7 Å². The summed E-state index contributed by atoms with van der Waals surface area (Å²) in [5.74, 6) is 0.640. The second-order valence-corrected chi connectivity index (χ2v) is 8.45. The molecule has 1 saturated heterocycles. The summed E-state index contributed by atoms with van der Waals surface area (Å²) in [5, 5.41) is 0.244. The second kappa shape index (κ2) is 8.37. The van der Waals surface area contributed by atoms with Crippen LogP contribution in [-0.4, -0.2) is 45.1 Å². The third kappa shape index (κ3) is 4.85. The van der Waals surface area contributed by atoms with Crippen molar-refractivity contribution in [1.29, 1.82) is 0 Å². The Morgan fingerprint density at radius 2 is 1.96 bits per heavy atom. The van der Waals surface area contributed by atoms with Crippen molar-refractivity contribution in [1.82, 2.24) is 14.7 Å². The van der Waals surface area contributed by atoms with Crippen LogP contribution in [0.3, 0.4) is 0 Å². The van der Waals surface area contributed by atoms with Crippen LogP contribution in [0.5, 0.6) is 5.75 Å². The first-order valence-electron chi connectivity index (χ1n) is 8.45. The van der Waals surface area contributed by atoms with Gasteiger partial charge in [0, 0.05) is 19.6 Å². The summed E-state index contributed by atoms with van der Waals surface area (Å²) in [5.41, 5.74) is 0. The molecule has 27 heavy (non-hydrogen) atoms. The van der Waals surface area contributed by atoms with Crippen molar-refractivity contribution in [2.75, 3.05) is 31.6 Å². The van der Waals surface area contributed by atoms with E-state index >= 15 is 0 Å². The predicted octanol–water partition coefficient (Wildman–Crippen LogP) is 2.47. The molecule has 1 aromatic heterocycles. The molecule has 0 amide bonds. The molecule has 0 unspecified atom stereocenters.